The number of hydrogen-bond donors (Lipinski definition) is 0. The van der Waals surface area contributed by atoms with Gasteiger partial charge in [-0.05, 0) is 91.8 Å². The number of ketones is 2. The number of benzene rings is 6. The van der Waals surface area contributed by atoms with Gasteiger partial charge < -0.3 is 9.13 Å². The van der Waals surface area contributed by atoms with Crippen molar-refractivity contribution in [2.45, 2.75) is 60.0 Å². The molecule has 2 aromatic heterocycles. The van der Waals surface area contributed by atoms with E-state index in [2.05, 4.69) is 84.5 Å². The van der Waals surface area contributed by atoms with Gasteiger partial charge in [0.15, 0.2) is 11.6 Å². The summed E-state index contributed by atoms with van der Waals surface area (Å²) in [6.45, 7) is 10.2. The number of carbonyl (C=O) groups is 2. The molecule has 0 radical (unpaired) electrons. The molecular weight excluding hydrogens is 625 g/mol. The van der Waals surface area contributed by atoms with E-state index >= 15 is 0 Å². The van der Waals surface area contributed by atoms with Gasteiger partial charge in [0.2, 0.25) is 0 Å². The summed E-state index contributed by atoms with van der Waals surface area (Å²) in [5, 5.41) is 6.52. The van der Waals surface area contributed by atoms with E-state index in [9.17, 15) is 9.59 Å². The van der Waals surface area contributed by atoms with Gasteiger partial charge in [-0.2, -0.15) is 0 Å². The Morgan fingerprint density at radius 1 is 0.529 bits per heavy atom. The summed E-state index contributed by atoms with van der Waals surface area (Å²) in [4.78, 5) is 27.2. The van der Waals surface area contributed by atoms with E-state index in [0.29, 0.717) is 0 Å². The highest BCUT2D eigenvalue weighted by atomic mass is 16.1. The highest BCUT2D eigenvalue weighted by molar-refractivity contribution is 6.23. The lowest BCUT2D eigenvalue weighted by molar-refractivity contribution is 0.103. The van der Waals surface area contributed by atoms with Gasteiger partial charge in [-0.1, -0.05) is 109 Å². The predicted molar refractivity (Wildman–Crippen MR) is 211 cm³/mol. The summed E-state index contributed by atoms with van der Waals surface area (Å²) in [5.41, 5.74) is 10.3. The van der Waals surface area contributed by atoms with E-state index in [0.717, 1.165) is 91.7 Å². The molecule has 6 aromatic carbocycles. The highest BCUT2D eigenvalue weighted by Gasteiger charge is 2.26. The Labute approximate surface area is 299 Å². The molecule has 1 aliphatic heterocycles. The third-order valence-electron chi connectivity index (χ3n) is 10.9. The van der Waals surface area contributed by atoms with Crippen LogP contribution < -0.4 is 0 Å². The standard InChI is InChI=1S/C24H21NO.C23H21NO/c1-16-13-14-19(18-9-3-2-8-17(16)18)24(26)23-20-10-4-5-11-21(20)25-15-7-6-12-22(23)25;1-4-24-16(3)22(20-11-7-8-12-21(20)24)23(25)19-14-13-15(2)17-9-5-6-10-18(17)19/h2-5,8-11,13-14H,6-7,12,15H2,1H3;5-14H,4H2,1-3H3. The van der Waals surface area contributed by atoms with Gasteiger partial charge in [-0.3, -0.25) is 9.59 Å². The second-order valence-electron chi connectivity index (χ2n) is 13.8. The Morgan fingerprint density at radius 3 is 1.57 bits per heavy atom. The monoisotopic (exact) mass is 666 g/mol. The van der Waals surface area contributed by atoms with Crippen molar-refractivity contribution in [3.63, 3.8) is 0 Å². The molecule has 8 aromatic rings. The Bertz CT molecular complexity index is 2650. The van der Waals surface area contributed by atoms with Crippen molar-refractivity contribution in [2.24, 2.45) is 0 Å². The Balaban J connectivity index is 0.000000147. The van der Waals surface area contributed by atoms with E-state index in [1.54, 1.807) is 0 Å². The first-order valence-electron chi connectivity index (χ1n) is 18.1. The number of rotatable bonds is 5. The van der Waals surface area contributed by atoms with Crippen molar-refractivity contribution in [1.29, 1.82) is 0 Å². The minimum absolute atomic E-state index is 0.108. The zero-order chi connectivity index (χ0) is 35.2. The van der Waals surface area contributed by atoms with Crippen LogP contribution in [0, 0.1) is 20.8 Å². The van der Waals surface area contributed by atoms with Gasteiger partial charge in [0.25, 0.3) is 0 Å². The highest BCUT2D eigenvalue weighted by Crippen LogP contribution is 2.35. The van der Waals surface area contributed by atoms with Crippen molar-refractivity contribution in [1.82, 2.24) is 9.13 Å². The first-order chi connectivity index (χ1) is 24.9. The van der Waals surface area contributed by atoms with Crippen LogP contribution in [-0.2, 0) is 19.5 Å². The van der Waals surface area contributed by atoms with E-state index in [-0.39, 0.29) is 11.6 Å². The molecular formula is C47H42N2O2. The maximum Gasteiger partial charge on any atom is 0.196 e. The maximum absolute atomic E-state index is 13.7. The summed E-state index contributed by atoms with van der Waals surface area (Å²) >= 11 is 0. The third kappa shape index (κ3) is 5.38. The molecule has 0 unspecified atom stereocenters. The molecule has 0 spiro atoms. The first-order valence-corrected chi connectivity index (χ1v) is 18.1. The van der Waals surface area contributed by atoms with Crippen LogP contribution in [0.25, 0.3) is 43.4 Å². The van der Waals surface area contributed by atoms with Gasteiger partial charge in [0, 0.05) is 57.4 Å². The lowest BCUT2D eigenvalue weighted by Crippen LogP contribution is -2.13. The number of aromatic nitrogens is 2. The van der Waals surface area contributed by atoms with E-state index in [1.807, 2.05) is 73.7 Å². The van der Waals surface area contributed by atoms with Crippen molar-refractivity contribution < 1.29 is 9.59 Å². The number of nitrogens with zero attached hydrogens (tertiary/aromatic N) is 2. The van der Waals surface area contributed by atoms with Crippen molar-refractivity contribution in [3.05, 3.63) is 166 Å². The SMILES string of the molecule is CCn1c(C)c(C(=O)c2ccc(C)c3ccccc23)c2ccccc21.Cc1ccc(C(=O)c2c3n(c4ccccc24)CCCC3)c2ccccc12. The molecule has 0 N–H and O–H groups in total. The summed E-state index contributed by atoms with van der Waals surface area (Å²) < 4.78 is 4.58. The average Bonchev–Trinajstić information content (AvgIpc) is 3.66. The Morgan fingerprint density at radius 2 is 1.00 bits per heavy atom. The molecule has 0 saturated carbocycles. The number of para-hydroxylation sites is 2. The zero-order valence-corrected chi connectivity index (χ0v) is 29.8. The molecule has 1 aliphatic rings. The molecule has 0 aliphatic carbocycles. The first kappa shape index (κ1) is 32.5. The largest absolute Gasteiger partial charge is 0.344 e. The van der Waals surface area contributed by atoms with Gasteiger partial charge in [0.1, 0.15) is 0 Å². The van der Waals surface area contributed by atoms with Crippen molar-refractivity contribution in [3.8, 4) is 0 Å². The smallest absolute Gasteiger partial charge is 0.196 e. The summed E-state index contributed by atoms with van der Waals surface area (Å²) in [6, 6.07) is 41.0. The molecule has 51 heavy (non-hydrogen) atoms. The van der Waals surface area contributed by atoms with Gasteiger partial charge >= 0.3 is 0 Å². The number of aryl methyl sites for hydroxylation is 4. The fraction of sp³-hybridized carbons (Fsp3) is 0.191. The minimum Gasteiger partial charge on any atom is -0.344 e. The molecule has 3 heterocycles. The fourth-order valence-corrected chi connectivity index (χ4v) is 8.38. The van der Waals surface area contributed by atoms with Crippen LogP contribution in [0.3, 0.4) is 0 Å². The molecule has 0 amide bonds. The number of hydrogen-bond acceptors (Lipinski definition) is 2. The predicted octanol–water partition coefficient (Wildman–Crippen LogP) is 11.3. The average molecular weight is 667 g/mol. The topological polar surface area (TPSA) is 44.0 Å². The molecule has 4 heteroatoms. The second kappa shape index (κ2) is 13.2. The third-order valence-corrected chi connectivity index (χ3v) is 10.9. The Hall–Kier alpha value is -5.74. The van der Waals surface area contributed by atoms with E-state index in [4.69, 9.17) is 0 Å². The number of fused-ring (bicyclic) bond motifs is 6. The lowest BCUT2D eigenvalue weighted by atomic mass is 9.92. The van der Waals surface area contributed by atoms with Crippen LogP contribution in [0.15, 0.2) is 121 Å². The molecule has 0 atom stereocenters. The van der Waals surface area contributed by atoms with Crippen LogP contribution in [0.5, 0.6) is 0 Å². The normalized spacial score (nSPS) is 12.6. The van der Waals surface area contributed by atoms with Crippen molar-refractivity contribution in [2.75, 3.05) is 0 Å². The van der Waals surface area contributed by atoms with Crippen LogP contribution >= 0.6 is 0 Å². The minimum atomic E-state index is 0.108. The summed E-state index contributed by atoms with van der Waals surface area (Å²) in [7, 11) is 0. The maximum atomic E-state index is 13.7. The van der Waals surface area contributed by atoms with Gasteiger partial charge in [-0.15, -0.1) is 0 Å². The molecule has 0 fully saturated rings. The molecule has 9 rings (SSSR count). The zero-order valence-electron chi connectivity index (χ0n) is 29.8. The van der Waals surface area contributed by atoms with Crippen LogP contribution in [-0.4, -0.2) is 20.7 Å². The van der Waals surface area contributed by atoms with Crippen LogP contribution in [0.1, 0.15) is 74.1 Å². The van der Waals surface area contributed by atoms with Crippen molar-refractivity contribution >= 4 is 54.9 Å². The molecule has 0 saturated heterocycles. The number of carbonyl (C=O) groups excluding carboxylic acids is 2. The molecule has 4 nitrogen and oxygen atoms in total. The lowest BCUT2D eigenvalue weighted by Gasteiger charge is -2.17. The molecule has 0 bridgehead atoms. The second-order valence-corrected chi connectivity index (χ2v) is 13.8. The fourth-order valence-electron chi connectivity index (χ4n) is 8.38. The van der Waals surface area contributed by atoms with Crippen LogP contribution in [0.2, 0.25) is 0 Å². The summed E-state index contributed by atoms with van der Waals surface area (Å²) in [6.07, 6.45) is 3.33. The van der Waals surface area contributed by atoms with Crippen LogP contribution in [0.4, 0.5) is 0 Å². The Kier molecular flexibility index (Phi) is 8.39. The summed E-state index contributed by atoms with van der Waals surface area (Å²) in [5.74, 6) is 0.269. The quantitative estimate of drug-likeness (QED) is 0.172. The van der Waals surface area contributed by atoms with E-state index < -0.39 is 0 Å². The van der Waals surface area contributed by atoms with Gasteiger partial charge in [0.05, 0.1) is 11.1 Å². The van der Waals surface area contributed by atoms with Gasteiger partial charge in [-0.25, -0.2) is 0 Å². The van der Waals surface area contributed by atoms with E-state index in [1.165, 1.54) is 28.8 Å². The molecule has 252 valence electrons.